The summed E-state index contributed by atoms with van der Waals surface area (Å²) in [4.78, 5) is 12.0. The molecular weight excluding hydrogens is 356 g/mol. The molecule has 5 nitrogen and oxygen atoms in total. The number of halogens is 1. The van der Waals surface area contributed by atoms with E-state index in [-0.39, 0.29) is 5.91 Å². The van der Waals surface area contributed by atoms with Gasteiger partial charge in [-0.3, -0.25) is 9.20 Å². The number of amides is 1. The van der Waals surface area contributed by atoms with Crippen LogP contribution >= 0.6 is 15.9 Å². The second-order valence-corrected chi connectivity index (χ2v) is 5.98. The van der Waals surface area contributed by atoms with Crippen LogP contribution in [0.4, 0.5) is 0 Å². The van der Waals surface area contributed by atoms with E-state index in [4.69, 9.17) is 0 Å². The van der Waals surface area contributed by atoms with E-state index >= 15 is 0 Å². The summed E-state index contributed by atoms with van der Waals surface area (Å²) in [6.07, 6.45) is 5.16. The highest BCUT2D eigenvalue weighted by atomic mass is 79.9. The van der Waals surface area contributed by atoms with E-state index in [1.54, 1.807) is 6.08 Å². The summed E-state index contributed by atoms with van der Waals surface area (Å²) in [7, 11) is 0. The molecule has 3 rings (SSSR count). The number of aromatic nitrogens is 3. The number of fused-ring (bicyclic) bond motifs is 1. The smallest absolute Gasteiger partial charge is 0.244 e. The molecular formula is C17H15BrN4O. The topological polar surface area (TPSA) is 59.3 Å². The van der Waals surface area contributed by atoms with Gasteiger partial charge in [0, 0.05) is 16.7 Å². The highest BCUT2D eigenvalue weighted by Gasteiger charge is 2.05. The average Bonchev–Trinajstić information content (AvgIpc) is 2.95. The summed E-state index contributed by atoms with van der Waals surface area (Å²) in [6, 6.07) is 11.7. The van der Waals surface area contributed by atoms with Gasteiger partial charge < -0.3 is 5.32 Å². The summed E-state index contributed by atoms with van der Waals surface area (Å²) >= 11 is 3.49. The van der Waals surface area contributed by atoms with Gasteiger partial charge in [0.15, 0.2) is 11.5 Å². The Morgan fingerprint density at radius 1 is 1.30 bits per heavy atom. The van der Waals surface area contributed by atoms with E-state index in [2.05, 4.69) is 31.4 Å². The van der Waals surface area contributed by atoms with Crippen LogP contribution < -0.4 is 5.32 Å². The van der Waals surface area contributed by atoms with E-state index in [0.717, 1.165) is 21.2 Å². The van der Waals surface area contributed by atoms with Gasteiger partial charge in [-0.2, -0.15) is 0 Å². The fraction of sp³-hybridized carbons (Fsp3) is 0.118. The SMILES string of the molecule is Cc1ccc(/C=C/C(=O)NCc2nnc3ccccn23)c(Br)c1. The third-order valence-corrected chi connectivity index (χ3v) is 4.06. The minimum atomic E-state index is -0.176. The standard InChI is InChI=1S/C17H15BrN4O/c1-12-5-6-13(14(18)10-12)7-8-17(23)19-11-16-21-20-15-4-2-3-9-22(15)16/h2-10H,11H2,1H3,(H,19,23)/b8-7+. The number of aryl methyl sites for hydroxylation is 1. The van der Waals surface area contributed by atoms with Crippen LogP contribution in [0.15, 0.2) is 53.1 Å². The molecule has 1 aromatic carbocycles. The first-order chi connectivity index (χ1) is 11.1. The summed E-state index contributed by atoms with van der Waals surface area (Å²) in [5, 5.41) is 10.9. The molecule has 6 heteroatoms. The Balaban J connectivity index is 1.64. The van der Waals surface area contributed by atoms with E-state index in [1.807, 2.05) is 53.9 Å². The van der Waals surface area contributed by atoms with Gasteiger partial charge in [-0.25, -0.2) is 0 Å². The minimum Gasteiger partial charge on any atom is -0.345 e. The van der Waals surface area contributed by atoms with Crippen molar-refractivity contribution in [2.24, 2.45) is 0 Å². The molecule has 0 unspecified atom stereocenters. The van der Waals surface area contributed by atoms with Crippen molar-refractivity contribution in [3.63, 3.8) is 0 Å². The maximum atomic E-state index is 12.0. The van der Waals surface area contributed by atoms with Gasteiger partial charge in [0.25, 0.3) is 0 Å². The van der Waals surface area contributed by atoms with Crippen LogP contribution in [-0.4, -0.2) is 20.5 Å². The molecule has 2 heterocycles. The normalized spacial score (nSPS) is 11.2. The summed E-state index contributed by atoms with van der Waals surface area (Å²) in [6.45, 7) is 2.34. The molecule has 0 spiro atoms. The zero-order valence-electron chi connectivity index (χ0n) is 12.5. The van der Waals surface area contributed by atoms with Crippen molar-refractivity contribution in [3.8, 4) is 0 Å². The van der Waals surface area contributed by atoms with Gasteiger partial charge in [0.2, 0.25) is 5.91 Å². The molecule has 0 bridgehead atoms. The number of carbonyl (C=O) groups excluding carboxylic acids is 1. The molecule has 0 radical (unpaired) electrons. The summed E-state index contributed by atoms with van der Waals surface area (Å²) in [5.74, 6) is 0.518. The van der Waals surface area contributed by atoms with E-state index < -0.39 is 0 Å². The Hall–Kier alpha value is -2.47. The quantitative estimate of drug-likeness (QED) is 0.717. The molecule has 0 saturated heterocycles. The first kappa shape index (κ1) is 15.4. The Morgan fingerprint density at radius 2 is 2.17 bits per heavy atom. The van der Waals surface area contributed by atoms with Gasteiger partial charge in [-0.1, -0.05) is 34.1 Å². The van der Waals surface area contributed by atoms with Crippen molar-refractivity contribution >= 4 is 33.6 Å². The Kier molecular flexibility index (Phi) is 4.52. The Bertz CT molecular complexity index is 885. The second kappa shape index (κ2) is 6.75. The fourth-order valence-corrected chi connectivity index (χ4v) is 2.79. The van der Waals surface area contributed by atoms with Gasteiger partial charge in [-0.05, 0) is 42.3 Å². The lowest BCUT2D eigenvalue weighted by molar-refractivity contribution is -0.116. The van der Waals surface area contributed by atoms with Gasteiger partial charge in [0.05, 0.1) is 6.54 Å². The predicted octanol–water partition coefficient (Wildman–Crippen LogP) is 3.13. The lowest BCUT2D eigenvalue weighted by Crippen LogP contribution is -2.21. The Morgan fingerprint density at radius 3 is 3.00 bits per heavy atom. The monoisotopic (exact) mass is 370 g/mol. The average molecular weight is 371 g/mol. The first-order valence-electron chi connectivity index (χ1n) is 7.14. The highest BCUT2D eigenvalue weighted by Crippen LogP contribution is 2.19. The number of hydrogen-bond acceptors (Lipinski definition) is 3. The molecule has 23 heavy (non-hydrogen) atoms. The molecule has 116 valence electrons. The van der Waals surface area contributed by atoms with E-state index in [0.29, 0.717) is 12.4 Å². The number of rotatable bonds is 4. The molecule has 1 amide bonds. The van der Waals surface area contributed by atoms with Gasteiger partial charge >= 0.3 is 0 Å². The maximum Gasteiger partial charge on any atom is 0.244 e. The molecule has 0 saturated carbocycles. The van der Waals surface area contributed by atoms with E-state index in [1.165, 1.54) is 6.08 Å². The van der Waals surface area contributed by atoms with Crippen LogP contribution in [0, 0.1) is 6.92 Å². The molecule has 1 N–H and O–H groups in total. The molecule has 2 aromatic heterocycles. The zero-order valence-corrected chi connectivity index (χ0v) is 14.1. The molecule has 0 aliphatic carbocycles. The number of nitrogens with one attached hydrogen (secondary N) is 1. The van der Waals surface area contributed by atoms with Crippen LogP contribution in [0.25, 0.3) is 11.7 Å². The molecule has 0 atom stereocenters. The number of benzene rings is 1. The Labute approximate surface area is 142 Å². The number of pyridine rings is 1. The third-order valence-electron chi connectivity index (χ3n) is 3.38. The van der Waals surface area contributed by atoms with Crippen LogP contribution in [0.2, 0.25) is 0 Å². The van der Waals surface area contributed by atoms with Crippen molar-refractivity contribution in [3.05, 3.63) is 70.1 Å². The van der Waals surface area contributed by atoms with Gasteiger partial charge in [0.1, 0.15) is 0 Å². The van der Waals surface area contributed by atoms with Crippen molar-refractivity contribution in [2.45, 2.75) is 13.5 Å². The van der Waals surface area contributed by atoms with Crippen molar-refractivity contribution in [1.29, 1.82) is 0 Å². The van der Waals surface area contributed by atoms with Crippen LogP contribution in [0.5, 0.6) is 0 Å². The second-order valence-electron chi connectivity index (χ2n) is 5.12. The van der Waals surface area contributed by atoms with Crippen molar-refractivity contribution in [1.82, 2.24) is 19.9 Å². The van der Waals surface area contributed by atoms with Crippen LogP contribution in [0.3, 0.4) is 0 Å². The molecule has 3 aromatic rings. The molecule has 0 aliphatic rings. The zero-order chi connectivity index (χ0) is 16.2. The van der Waals surface area contributed by atoms with Crippen molar-refractivity contribution < 1.29 is 4.79 Å². The fourth-order valence-electron chi connectivity index (χ4n) is 2.17. The van der Waals surface area contributed by atoms with Gasteiger partial charge in [-0.15, -0.1) is 10.2 Å². The molecule has 0 aliphatic heterocycles. The minimum absolute atomic E-state index is 0.176. The number of nitrogens with zero attached hydrogens (tertiary/aromatic N) is 3. The summed E-state index contributed by atoms with van der Waals surface area (Å²) < 4.78 is 2.81. The molecule has 0 fully saturated rings. The van der Waals surface area contributed by atoms with Crippen LogP contribution in [0.1, 0.15) is 17.0 Å². The lowest BCUT2D eigenvalue weighted by atomic mass is 10.1. The van der Waals surface area contributed by atoms with Crippen LogP contribution in [-0.2, 0) is 11.3 Å². The number of carbonyl (C=O) groups is 1. The first-order valence-corrected chi connectivity index (χ1v) is 7.93. The number of hydrogen-bond donors (Lipinski definition) is 1. The predicted molar refractivity (Wildman–Crippen MR) is 92.7 cm³/mol. The summed E-state index contributed by atoms with van der Waals surface area (Å²) in [5.41, 5.74) is 2.88. The van der Waals surface area contributed by atoms with Crippen molar-refractivity contribution in [2.75, 3.05) is 0 Å². The van der Waals surface area contributed by atoms with E-state index in [9.17, 15) is 4.79 Å². The third kappa shape index (κ3) is 3.65. The highest BCUT2D eigenvalue weighted by molar-refractivity contribution is 9.10. The maximum absolute atomic E-state index is 12.0. The lowest BCUT2D eigenvalue weighted by Gasteiger charge is -2.02. The largest absolute Gasteiger partial charge is 0.345 e.